The summed E-state index contributed by atoms with van der Waals surface area (Å²) in [6.07, 6.45) is 1.94. The zero-order valence-electron chi connectivity index (χ0n) is 17.0. The third kappa shape index (κ3) is 3.83. The molecule has 1 N–H and O–H groups in total. The third-order valence-corrected chi connectivity index (χ3v) is 5.44. The molecule has 1 aromatic heterocycles. The summed E-state index contributed by atoms with van der Waals surface area (Å²) in [6.45, 7) is 2.12. The van der Waals surface area contributed by atoms with Gasteiger partial charge in [-0.1, -0.05) is 11.6 Å². The van der Waals surface area contributed by atoms with E-state index >= 15 is 0 Å². The molecule has 0 unspecified atom stereocenters. The first-order valence-electron chi connectivity index (χ1n) is 9.54. The molecule has 1 atom stereocenters. The van der Waals surface area contributed by atoms with E-state index in [1.807, 2.05) is 30.3 Å². The van der Waals surface area contributed by atoms with Crippen LogP contribution in [0.15, 0.2) is 47.1 Å². The smallest absolute Gasteiger partial charge is 0.254 e. The topological polar surface area (TPSA) is 69.9 Å². The van der Waals surface area contributed by atoms with Gasteiger partial charge in [0.25, 0.3) is 5.91 Å². The molecule has 0 saturated heterocycles. The summed E-state index contributed by atoms with van der Waals surface area (Å²) in [6, 6.07) is 11.2. The molecular formula is C23H22ClNO5. The fraction of sp³-hybridized carbons (Fsp3) is 0.261. The lowest BCUT2D eigenvalue weighted by molar-refractivity contribution is 0.0932. The van der Waals surface area contributed by atoms with E-state index in [1.54, 1.807) is 27.2 Å². The molecule has 1 amide bonds. The Morgan fingerprint density at radius 2 is 2.03 bits per heavy atom. The zero-order valence-corrected chi connectivity index (χ0v) is 17.7. The lowest BCUT2D eigenvalue weighted by Crippen LogP contribution is -2.34. The summed E-state index contributed by atoms with van der Waals surface area (Å²) in [5, 5.41) is 3.42. The number of ether oxygens (including phenoxy) is 3. The van der Waals surface area contributed by atoms with Gasteiger partial charge in [0, 0.05) is 17.5 Å². The molecular weight excluding hydrogens is 406 g/mol. The second-order valence-corrected chi connectivity index (χ2v) is 7.46. The van der Waals surface area contributed by atoms with Crippen molar-refractivity contribution in [2.45, 2.75) is 19.4 Å². The Bertz CT molecular complexity index is 1090. The van der Waals surface area contributed by atoms with Gasteiger partial charge in [0.15, 0.2) is 0 Å². The fourth-order valence-corrected chi connectivity index (χ4v) is 3.90. The van der Waals surface area contributed by atoms with Crippen molar-refractivity contribution in [3.05, 3.63) is 64.6 Å². The molecule has 0 fully saturated rings. The highest BCUT2D eigenvalue weighted by Crippen LogP contribution is 2.42. The molecule has 6 nitrogen and oxygen atoms in total. The maximum Gasteiger partial charge on any atom is 0.254 e. The first-order valence-corrected chi connectivity index (χ1v) is 9.91. The number of carbonyl (C=O) groups excluding carboxylic acids is 1. The van der Waals surface area contributed by atoms with Crippen LogP contribution < -0.4 is 19.5 Å². The van der Waals surface area contributed by atoms with Crippen LogP contribution in [-0.4, -0.2) is 32.8 Å². The SMILES string of the molecule is COc1ccc(OC)c(-c2cc(Cl)c3c(c2)C[C@H](CNC(=O)c2ccoc2C)O3)c1. The van der Waals surface area contributed by atoms with Crippen LogP contribution in [0.3, 0.4) is 0 Å². The summed E-state index contributed by atoms with van der Waals surface area (Å²) in [7, 11) is 3.25. The van der Waals surface area contributed by atoms with Crippen LogP contribution in [0, 0.1) is 6.92 Å². The van der Waals surface area contributed by atoms with Gasteiger partial charge in [0.2, 0.25) is 0 Å². The highest BCUT2D eigenvalue weighted by Gasteiger charge is 2.27. The van der Waals surface area contributed by atoms with E-state index in [1.165, 1.54) is 6.26 Å². The van der Waals surface area contributed by atoms with Crippen molar-refractivity contribution in [1.29, 1.82) is 0 Å². The Kier molecular flexibility index (Phi) is 5.59. The molecule has 1 aliphatic rings. The first-order chi connectivity index (χ1) is 14.5. The van der Waals surface area contributed by atoms with E-state index in [0.717, 1.165) is 28.2 Å². The van der Waals surface area contributed by atoms with Crippen molar-refractivity contribution in [2.75, 3.05) is 20.8 Å². The van der Waals surface area contributed by atoms with Gasteiger partial charge in [0.1, 0.15) is 29.1 Å². The number of methoxy groups -OCH3 is 2. The average molecular weight is 428 g/mol. The van der Waals surface area contributed by atoms with Crippen molar-refractivity contribution >= 4 is 17.5 Å². The van der Waals surface area contributed by atoms with Crippen LogP contribution in [0.2, 0.25) is 5.02 Å². The van der Waals surface area contributed by atoms with E-state index in [-0.39, 0.29) is 12.0 Å². The van der Waals surface area contributed by atoms with Gasteiger partial charge in [-0.25, -0.2) is 0 Å². The predicted octanol–water partition coefficient (Wildman–Crippen LogP) is 4.66. The number of nitrogens with one attached hydrogen (secondary N) is 1. The van der Waals surface area contributed by atoms with Crippen LogP contribution in [0.4, 0.5) is 0 Å². The molecule has 1 aliphatic heterocycles. The number of carbonyl (C=O) groups is 1. The van der Waals surface area contributed by atoms with Crippen molar-refractivity contribution in [1.82, 2.24) is 5.32 Å². The Labute approximate surface area is 179 Å². The molecule has 156 valence electrons. The van der Waals surface area contributed by atoms with Gasteiger partial charge < -0.3 is 23.9 Å². The first kappa shape index (κ1) is 20.2. The number of furan rings is 1. The molecule has 30 heavy (non-hydrogen) atoms. The summed E-state index contributed by atoms with van der Waals surface area (Å²) in [5.74, 6) is 2.51. The Morgan fingerprint density at radius 1 is 1.20 bits per heavy atom. The minimum Gasteiger partial charge on any atom is -0.497 e. The third-order valence-electron chi connectivity index (χ3n) is 5.16. The van der Waals surface area contributed by atoms with Gasteiger partial charge >= 0.3 is 0 Å². The molecule has 0 bridgehead atoms. The number of halogens is 1. The van der Waals surface area contributed by atoms with Crippen LogP contribution in [0.5, 0.6) is 17.2 Å². The maximum atomic E-state index is 12.3. The summed E-state index contributed by atoms with van der Waals surface area (Å²) >= 11 is 6.53. The fourth-order valence-electron chi connectivity index (χ4n) is 3.62. The minimum absolute atomic E-state index is 0.186. The van der Waals surface area contributed by atoms with Gasteiger partial charge in [-0.2, -0.15) is 0 Å². The number of amides is 1. The van der Waals surface area contributed by atoms with Crippen LogP contribution >= 0.6 is 11.6 Å². The van der Waals surface area contributed by atoms with Gasteiger partial charge in [-0.3, -0.25) is 4.79 Å². The lowest BCUT2D eigenvalue weighted by Gasteiger charge is -2.13. The molecule has 3 aromatic rings. The van der Waals surface area contributed by atoms with Crippen LogP contribution in [0.1, 0.15) is 21.7 Å². The van der Waals surface area contributed by atoms with Crippen molar-refractivity contribution in [3.63, 3.8) is 0 Å². The second kappa shape index (κ2) is 8.32. The zero-order chi connectivity index (χ0) is 21.3. The van der Waals surface area contributed by atoms with Crippen LogP contribution in [-0.2, 0) is 6.42 Å². The Morgan fingerprint density at radius 3 is 2.73 bits per heavy atom. The molecule has 0 aliphatic carbocycles. The second-order valence-electron chi connectivity index (χ2n) is 7.06. The standard InChI is InChI=1S/C23H22ClNO5/c1-13-18(6-7-29-13)23(26)25-12-17-9-15-8-14(10-20(24)22(15)30-17)19-11-16(27-2)4-5-21(19)28-3/h4-8,10-11,17H,9,12H2,1-3H3,(H,25,26)/t17-/m1/s1. The number of hydrogen-bond donors (Lipinski definition) is 1. The monoisotopic (exact) mass is 427 g/mol. The minimum atomic E-state index is -0.198. The van der Waals surface area contributed by atoms with Crippen LogP contribution in [0.25, 0.3) is 11.1 Å². The summed E-state index contributed by atoms with van der Waals surface area (Å²) in [4.78, 5) is 12.3. The van der Waals surface area contributed by atoms with E-state index in [9.17, 15) is 4.79 Å². The molecule has 0 radical (unpaired) electrons. The largest absolute Gasteiger partial charge is 0.497 e. The number of fused-ring (bicyclic) bond motifs is 1. The van der Waals surface area contributed by atoms with E-state index < -0.39 is 0 Å². The molecule has 4 rings (SSSR count). The van der Waals surface area contributed by atoms with Crippen molar-refractivity contribution in [3.8, 4) is 28.4 Å². The van der Waals surface area contributed by atoms with Gasteiger partial charge in [-0.15, -0.1) is 0 Å². The van der Waals surface area contributed by atoms with E-state index in [4.69, 9.17) is 30.2 Å². The van der Waals surface area contributed by atoms with Crippen molar-refractivity contribution < 1.29 is 23.4 Å². The molecule has 7 heteroatoms. The quantitative estimate of drug-likeness (QED) is 0.619. The number of rotatable bonds is 6. The molecule has 2 aromatic carbocycles. The Balaban J connectivity index is 1.53. The average Bonchev–Trinajstić information content (AvgIpc) is 3.37. The number of aryl methyl sites for hydroxylation is 1. The summed E-state index contributed by atoms with van der Waals surface area (Å²) in [5.41, 5.74) is 3.31. The van der Waals surface area contributed by atoms with E-state index in [2.05, 4.69) is 5.32 Å². The van der Waals surface area contributed by atoms with Gasteiger partial charge in [0.05, 0.1) is 37.6 Å². The molecule has 0 saturated carbocycles. The maximum absolute atomic E-state index is 12.3. The molecule has 0 spiro atoms. The summed E-state index contributed by atoms with van der Waals surface area (Å²) < 4.78 is 22.0. The lowest BCUT2D eigenvalue weighted by atomic mass is 9.99. The molecule has 2 heterocycles. The number of benzene rings is 2. The van der Waals surface area contributed by atoms with Gasteiger partial charge in [-0.05, 0) is 48.9 Å². The predicted molar refractivity (Wildman–Crippen MR) is 114 cm³/mol. The van der Waals surface area contributed by atoms with E-state index in [0.29, 0.717) is 35.1 Å². The highest BCUT2D eigenvalue weighted by molar-refractivity contribution is 6.32. The number of hydrogen-bond acceptors (Lipinski definition) is 5. The highest BCUT2D eigenvalue weighted by atomic mass is 35.5. The Hall–Kier alpha value is -3.12. The van der Waals surface area contributed by atoms with Crippen molar-refractivity contribution in [2.24, 2.45) is 0 Å². The normalized spacial score (nSPS) is 14.7.